The Bertz CT molecular complexity index is 1430. The van der Waals surface area contributed by atoms with E-state index in [0.717, 1.165) is 34.7 Å². The van der Waals surface area contributed by atoms with Crippen LogP contribution in [0.2, 0.25) is 0 Å². The maximum atomic E-state index is 5.51. The van der Waals surface area contributed by atoms with Gasteiger partial charge in [-0.25, -0.2) is 9.97 Å². The zero-order valence-electron chi connectivity index (χ0n) is 25.2. The summed E-state index contributed by atoms with van der Waals surface area (Å²) < 4.78 is 32.9. The Labute approximate surface area is 257 Å². The van der Waals surface area contributed by atoms with E-state index in [1.807, 2.05) is 60.7 Å². The highest BCUT2D eigenvalue weighted by atomic mass is 32.2. The molecule has 9 heteroatoms. The molecular formula is C34H36N2O6S. The number of aryl methyl sites for hydroxylation is 1. The second-order valence-corrected chi connectivity index (χ2v) is 10.2. The summed E-state index contributed by atoms with van der Waals surface area (Å²) in [6.45, 7) is 0. The summed E-state index contributed by atoms with van der Waals surface area (Å²) in [5.41, 5.74) is 4.55. The van der Waals surface area contributed by atoms with Crippen molar-refractivity contribution in [2.45, 2.75) is 11.6 Å². The first-order valence-electron chi connectivity index (χ1n) is 13.5. The fourth-order valence-electron chi connectivity index (χ4n) is 4.36. The molecule has 0 atom stereocenters. The summed E-state index contributed by atoms with van der Waals surface area (Å²) in [6.07, 6.45) is 8.72. The average molecular weight is 601 g/mol. The van der Waals surface area contributed by atoms with Crippen molar-refractivity contribution < 1.29 is 28.4 Å². The first-order valence-corrected chi connectivity index (χ1v) is 14.5. The van der Waals surface area contributed by atoms with Crippen LogP contribution in [-0.4, -0.2) is 58.4 Å². The van der Waals surface area contributed by atoms with Crippen LogP contribution in [0, 0.1) is 0 Å². The van der Waals surface area contributed by atoms with Crippen LogP contribution in [0.1, 0.15) is 28.1 Å². The molecule has 0 amide bonds. The van der Waals surface area contributed by atoms with Gasteiger partial charge in [0.15, 0.2) is 28.2 Å². The third-order valence-corrected chi connectivity index (χ3v) is 7.33. The Morgan fingerprint density at radius 2 is 1.00 bits per heavy atom. The lowest BCUT2D eigenvalue weighted by Crippen LogP contribution is -1.97. The largest absolute Gasteiger partial charge is 0.493 e. The molecule has 0 aliphatic heterocycles. The van der Waals surface area contributed by atoms with E-state index in [1.54, 1.807) is 54.4 Å². The Balaban J connectivity index is 1.66. The van der Waals surface area contributed by atoms with Crippen molar-refractivity contribution in [1.82, 2.24) is 9.97 Å². The fraction of sp³-hybridized carbons (Fsp3) is 0.235. The zero-order valence-corrected chi connectivity index (χ0v) is 26.1. The predicted octanol–water partition coefficient (Wildman–Crippen LogP) is 7.20. The summed E-state index contributed by atoms with van der Waals surface area (Å²) >= 11 is 1.62. The van der Waals surface area contributed by atoms with Crippen molar-refractivity contribution in [3.63, 3.8) is 0 Å². The van der Waals surface area contributed by atoms with Crippen molar-refractivity contribution in [2.24, 2.45) is 0 Å². The number of benzene rings is 3. The standard InChI is InChI=1S/C34H36N2O6S/c1-37-28-18-24(19-29(38-2)32(28)41-5)12-14-26-22-27(36-34(35-26)43-17-16-23-10-8-7-9-11-23)15-13-25-20-30(39-3)33(42-6)31(21-25)40-4/h7-15,18-22H,16-17H2,1-6H3/b14-12+,15-13+. The number of thioether (sulfide) groups is 1. The van der Waals surface area contributed by atoms with Crippen LogP contribution in [0.15, 0.2) is 65.8 Å². The SMILES string of the molecule is COc1cc(/C=C/c2cc(/C=C/c3cc(OC)c(OC)c(OC)c3)nc(SCCc3ccccc3)n2)cc(OC)c1OC. The zero-order chi connectivity index (χ0) is 30.6. The molecule has 224 valence electrons. The van der Waals surface area contributed by atoms with Crippen LogP contribution in [0.25, 0.3) is 24.3 Å². The Hall–Kier alpha value is -4.63. The van der Waals surface area contributed by atoms with Crippen LogP contribution in [0.4, 0.5) is 0 Å². The highest BCUT2D eigenvalue weighted by molar-refractivity contribution is 7.99. The first kappa shape index (κ1) is 31.3. The molecule has 0 fully saturated rings. The second kappa shape index (κ2) is 15.6. The number of ether oxygens (including phenoxy) is 6. The molecule has 1 aromatic heterocycles. The maximum absolute atomic E-state index is 5.51. The van der Waals surface area contributed by atoms with Crippen molar-refractivity contribution in [3.05, 3.63) is 88.7 Å². The molecule has 0 radical (unpaired) electrons. The van der Waals surface area contributed by atoms with E-state index < -0.39 is 0 Å². The molecule has 0 aliphatic carbocycles. The van der Waals surface area contributed by atoms with E-state index in [-0.39, 0.29) is 0 Å². The van der Waals surface area contributed by atoms with Crippen LogP contribution < -0.4 is 28.4 Å². The summed E-state index contributed by atoms with van der Waals surface area (Å²) in [4.78, 5) is 9.64. The Kier molecular flexibility index (Phi) is 11.3. The van der Waals surface area contributed by atoms with Crippen LogP contribution in [-0.2, 0) is 6.42 Å². The highest BCUT2D eigenvalue weighted by Gasteiger charge is 2.13. The minimum atomic E-state index is 0.542. The van der Waals surface area contributed by atoms with Crippen molar-refractivity contribution in [1.29, 1.82) is 0 Å². The summed E-state index contributed by atoms with van der Waals surface area (Å²) in [7, 11) is 9.56. The van der Waals surface area contributed by atoms with E-state index in [1.165, 1.54) is 5.56 Å². The van der Waals surface area contributed by atoms with Gasteiger partial charge in [0.1, 0.15) is 0 Å². The van der Waals surface area contributed by atoms with Crippen molar-refractivity contribution in [3.8, 4) is 34.5 Å². The Morgan fingerprint density at radius 3 is 1.40 bits per heavy atom. The highest BCUT2D eigenvalue weighted by Crippen LogP contribution is 2.39. The fourth-order valence-corrected chi connectivity index (χ4v) is 5.22. The van der Waals surface area contributed by atoms with E-state index in [4.69, 9.17) is 38.4 Å². The molecule has 0 bridgehead atoms. The molecule has 4 aromatic rings. The van der Waals surface area contributed by atoms with Gasteiger partial charge in [-0.15, -0.1) is 0 Å². The minimum Gasteiger partial charge on any atom is -0.493 e. The van der Waals surface area contributed by atoms with E-state index >= 15 is 0 Å². The van der Waals surface area contributed by atoms with Gasteiger partial charge in [-0.3, -0.25) is 0 Å². The van der Waals surface area contributed by atoms with Gasteiger partial charge >= 0.3 is 0 Å². The third kappa shape index (κ3) is 8.23. The maximum Gasteiger partial charge on any atom is 0.203 e. The van der Waals surface area contributed by atoms with Gasteiger partial charge in [-0.2, -0.15) is 0 Å². The normalized spacial score (nSPS) is 11.1. The number of methoxy groups -OCH3 is 6. The lowest BCUT2D eigenvalue weighted by Gasteiger charge is -2.13. The molecular weight excluding hydrogens is 564 g/mol. The second-order valence-electron chi connectivity index (χ2n) is 9.17. The average Bonchev–Trinajstić information content (AvgIpc) is 3.05. The molecule has 4 rings (SSSR count). The predicted molar refractivity (Wildman–Crippen MR) is 173 cm³/mol. The van der Waals surface area contributed by atoms with Crippen LogP contribution in [0.3, 0.4) is 0 Å². The molecule has 0 unspecified atom stereocenters. The number of rotatable bonds is 14. The third-order valence-electron chi connectivity index (χ3n) is 6.48. The van der Waals surface area contributed by atoms with Gasteiger partial charge in [-0.05, 0) is 65.6 Å². The van der Waals surface area contributed by atoms with Gasteiger partial charge in [0.2, 0.25) is 11.5 Å². The van der Waals surface area contributed by atoms with Gasteiger partial charge < -0.3 is 28.4 Å². The van der Waals surface area contributed by atoms with Crippen molar-refractivity contribution >= 4 is 36.1 Å². The topological polar surface area (TPSA) is 81.2 Å². The molecule has 43 heavy (non-hydrogen) atoms. The summed E-state index contributed by atoms with van der Waals surface area (Å²) in [5, 5.41) is 0.688. The van der Waals surface area contributed by atoms with Crippen LogP contribution in [0.5, 0.6) is 34.5 Å². The number of hydrogen-bond donors (Lipinski definition) is 0. The van der Waals surface area contributed by atoms with E-state index in [9.17, 15) is 0 Å². The van der Waals surface area contributed by atoms with Gasteiger partial charge in [0.25, 0.3) is 0 Å². The molecule has 0 saturated heterocycles. The number of hydrogen-bond acceptors (Lipinski definition) is 9. The number of aromatic nitrogens is 2. The lowest BCUT2D eigenvalue weighted by atomic mass is 10.1. The molecule has 1 heterocycles. The summed E-state index contributed by atoms with van der Waals surface area (Å²) in [5.74, 6) is 4.25. The molecule has 8 nitrogen and oxygen atoms in total. The quantitative estimate of drug-likeness (QED) is 0.110. The molecule has 3 aromatic carbocycles. The van der Waals surface area contributed by atoms with Gasteiger partial charge in [0.05, 0.1) is 54.0 Å². The lowest BCUT2D eigenvalue weighted by molar-refractivity contribution is 0.324. The molecule has 0 spiro atoms. The van der Waals surface area contributed by atoms with E-state index in [2.05, 4.69) is 24.3 Å². The molecule has 0 N–H and O–H groups in total. The van der Waals surface area contributed by atoms with Crippen molar-refractivity contribution in [2.75, 3.05) is 48.4 Å². The number of nitrogens with zero attached hydrogens (tertiary/aromatic N) is 2. The van der Waals surface area contributed by atoms with Gasteiger partial charge in [-0.1, -0.05) is 54.2 Å². The Morgan fingerprint density at radius 1 is 0.558 bits per heavy atom. The van der Waals surface area contributed by atoms with Gasteiger partial charge in [0, 0.05) is 5.75 Å². The molecule has 0 saturated carbocycles. The van der Waals surface area contributed by atoms with E-state index in [0.29, 0.717) is 39.7 Å². The molecule has 0 aliphatic rings. The smallest absolute Gasteiger partial charge is 0.203 e. The monoisotopic (exact) mass is 600 g/mol. The first-order chi connectivity index (χ1) is 21.0. The summed E-state index contributed by atoms with van der Waals surface area (Å²) in [6, 6.07) is 19.9. The van der Waals surface area contributed by atoms with Crippen LogP contribution >= 0.6 is 11.8 Å². The minimum absolute atomic E-state index is 0.542.